The van der Waals surface area contributed by atoms with Gasteiger partial charge in [0, 0.05) is 6.04 Å². The molecule has 1 aromatic rings. The molecule has 0 radical (unpaired) electrons. The molecule has 3 unspecified atom stereocenters. The van der Waals surface area contributed by atoms with E-state index in [1.54, 1.807) is 0 Å². The van der Waals surface area contributed by atoms with Gasteiger partial charge in [0.25, 0.3) is 0 Å². The number of hydrogen-bond acceptors (Lipinski definition) is 4. The molecule has 0 spiro atoms. The van der Waals surface area contributed by atoms with Crippen LogP contribution in [0.25, 0.3) is 0 Å². The molecule has 1 fully saturated rings. The van der Waals surface area contributed by atoms with E-state index in [0.29, 0.717) is 11.8 Å². The molecule has 5 heteroatoms. The number of nitrogen functional groups attached to an aromatic ring is 1. The highest BCUT2D eigenvalue weighted by Gasteiger charge is 2.27. The molecule has 94 valence electrons. The summed E-state index contributed by atoms with van der Waals surface area (Å²) < 4.78 is 13.5. The summed E-state index contributed by atoms with van der Waals surface area (Å²) in [4.78, 5) is 7.52. The fourth-order valence-corrected chi connectivity index (χ4v) is 2.44. The lowest BCUT2D eigenvalue weighted by Crippen LogP contribution is -2.35. The van der Waals surface area contributed by atoms with Crippen molar-refractivity contribution in [3.63, 3.8) is 0 Å². The van der Waals surface area contributed by atoms with Crippen LogP contribution in [0.5, 0.6) is 0 Å². The third-order valence-corrected chi connectivity index (χ3v) is 3.79. The van der Waals surface area contributed by atoms with Gasteiger partial charge in [0.2, 0.25) is 5.95 Å². The van der Waals surface area contributed by atoms with Gasteiger partial charge in [-0.2, -0.15) is 4.98 Å². The van der Waals surface area contributed by atoms with Crippen LogP contribution in [0.2, 0.25) is 0 Å². The van der Waals surface area contributed by atoms with E-state index < -0.39 is 5.82 Å². The maximum absolute atomic E-state index is 13.5. The van der Waals surface area contributed by atoms with E-state index in [9.17, 15) is 4.39 Å². The van der Waals surface area contributed by atoms with Crippen LogP contribution < -0.4 is 11.1 Å². The number of hydrogen-bond donors (Lipinski definition) is 2. The Morgan fingerprint density at radius 2 is 2.18 bits per heavy atom. The molecule has 17 heavy (non-hydrogen) atoms. The van der Waals surface area contributed by atoms with Crippen LogP contribution in [0.1, 0.15) is 33.1 Å². The molecular weight excluding hydrogens is 219 g/mol. The highest BCUT2D eigenvalue weighted by atomic mass is 19.1. The minimum atomic E-state index is -0.440. The average molecular weight is 238 g/mol. The van der Waals surface area contributed by atoms with Crippen LogP contribution in [0.4, 0.5) is 16.2 Å². The Morgan fingerprint density at radius 3 is 2.94 bits per heavy atom. The van der Waals surface area contributed by atoms with Gasteiger partial charge >= 0.3 is 0 Å². The molecule has 4 nitrogen and oxygen atoms in total. The average Bonchev–Trinajstić information content (AvgIpc) is 2.30. The predicted octanol–water partition coefficient (Wildman–Crippen LogP) is 2.43. The van der Waals surface area contributed by atoms with Crippen LogP contribution >= 0.6 is 0 Å². The number of halogens is 1. The van der Waals surface area contributed by atoms with Gasteiger partial charge in [-0.1, -0.05) is 26.7 Å². The van der Waals surface area contributed by atoms with E-state index in [2.05, 4.69) is 29.1 Å². The summed E-state index contributed by atoms with van der Waals surface area (Å²) in [5.74, 6) is 1.06. The highest BCUT2D eigenvalue weighted by molar-refractivity contribution is 5.40. The zero-order valence-corrected chi connectivity index (χ0v) is 10.3. The molecule has 0 amide bonds. The lowest BCUT2D eigenvalue weighted by atomic mass is 9.78. The van der Waals surface area contributed by atoms with Gasteiger partial charge in [-0.3, -0.25) is 0 Å². The van der Waals surface area contributed by atoms with Crippen LogP contribution in [0, 0.1) is 17.7 Å². The third kappa shape index (κ3) is 2.65. The number of aromatic nitrogens is 2. The lowest BCUT2D eigenvalue weighted by Gasteiger charge is -2.34. The van der Waals surface area contributed by atoms with Crippen molar-refractivity contribution in [2.24, 2.45) is 11.8 Å². The molecule has 0 bridgehead atoms. The summed E-state index contributed by atoms with van der Waals surface area (Å²) in [5, 5.41) is 3.16. The Hall–Kier alpha value is -1.39. The van der Waals surface area contributed by atoms with Gasteiger partial charge < -0.3 is 11.1 Å². The first kappa shape index (κ1) is 12.1. The first-order valence-corrected chi connectivity index (χ1v) is 6.12. The quantitative estimate of drug-likeness (QED) is 0.830. The third-order valence-electron chi connectivity index (χ3n) is 3.79. The van der Waals surface area contributed by atoms with Crippen molar-refractivity contribution in [3.05, 3.63) is 12.0 Å². The SMILES string of the molecule is CC1CCCC(Nc2nc(N)ncc2F)C1C. The second kappa shape index (κ2) is 4.85. The summed E-state index contributed by atoms with van der Waals surface area (Å²) >= 11 is 0. The normalized spacial score (nSPS) is 29.0. The summed E-state index contributed by atoms with van der Waals surface area (Å²) in [5.41, 5.74) is 5.47. The second-order valence-corrected chi connectivity index (χ2v) is 4.94. The van der Waals surface area contributed by atoms with Crippen LogP contribution in [-0.2, 0) is 0 Å². The molecule has 0 aliphatic heterocycles. The molecule has 1 heterocycles. The van der Waals surface area contributed by atoms with Crippen molar-refractivity contribution in [2.45, 2.75) is 39.2 Å². The van der Waals surface area contributed by atoms with Gasteiger partial charge in [0.15, 0.2) is 11.6 Å². The van der Waals surface area contributed by atoms with Gasteiger partial charge in [0.1, 0.15) is 0 Å². The Labute approximate surface area is 101 Å². The number of nitrogens with two attached hydrogens (primary N) is 1. The minimum Gasteiger partial charge on any atom is -0.368 e. The maximum atomic E-state index is 13.5. The van der Waals surface area contributed by atoms with E-state index >= 15 is 0 Å². The molecular formula is C12H19FN4. The molecule has 3 atom stereocenters. The van der Waals surface area contributed by atoms with Gasteiger partial charge in [0.05, 0.1) is 6.20 Å². The van der Waals surface area contributed by atoms with E-state index in [-0.39, 0.29) is 17.8 Å². The van der Waals surface area contributed by atoms with Crippen molar-refractivity contribution < 1.29 is 4.39 Å². The monoisotopic (exact) mass is 238 g/mol. The topological polar surface area (TPSA) is 63.8 Å². The summed E-state index contributed by atoms with van der Waals surface area (Å²) in [6.45, 7) is 4.44. The Morgan fingerprint density at radius 1 is 1.41 bits per heavy atom. The maximum Gasteiger partial charge on any atom is 0.222 e. The van der Waals surface area contributed by atoms with Crippen LogP contribution in [0.15, 0.2) is 6.20 Å². The van der Waals surface area contributed by atoms with E-state index in [1.807, 2.05) is 0 Å². The molecule has 3 N–H and O–H groups in total. The van der Waals surface area contributed by atoms with Crippen molar-refractivity contribution in [2.75, 3.05) is 11.1 Å². The summed E-state index contributed by atoms with van der Waals surface area (Å²) in [6.07, 6.45) is 4.58. The van der Waals surface area contributed by atoms with E-state index in [1.165, 1.54) is 12.8 Å². The minimum absolute atomic E-state index is 0.102. The Bertz CT molecular complexity index is 396. The van der Waals surface area contributed by atoms with Crippen LogP contribution in [-0.4, -0.2) is 16.0 Å². The molecule has 1 aliphatic rings. The molecule has 0 aromatic carbocycles. The van der Waals surface area contributed by atoms with Gasteiger partial charge in [-0.25, -0.2) is 9.37 Å². The molecule has 1 saturated carbocycles. The summed E-state index contributed by atoms with van der Waals surface area (Å²) in [6, 6.07) is 0.266. The van der Waals surface area contributed by atoms with Crippen molar-refractivity contribution in [1.29, 1.82) is 0 Å². The fraction of sp³-hybridized carbons (Fsp3) is 0.667. The van der Waals surface area contributed by atoms with Crippen molar-refractivity contribution in [1.82, 2.24) is 9.97 Å². The largest absolute Gasteiger partial charge is 0.368 e. The molecule has 1 aromatic heterocycles. The van der Waals surface area contributed by atoms with Gasteiger partial charge in [-0.15, -0.1) is 0 Å². The van der Waals surface area contributed by atoms with E-state index in [0.717, 1.165) is 12.6 Å². The highest BCUT2D eigenvalue weighted by Crippen LogP contribution is 2.31. The van der Waals surface area contributed by atoms with Crippen molar-refractivity contribution in [3.8, 4) is 0 Å². The number of nitrogens with zero attached hydrogens (tertiary/aromatic N) is 2. The van der Waals surface area contributed by atoms with Gasteiger partial charge in [-0.05, 0) is 18.3 Å². The lowest BCUT2D eigenvalue weighted by molar-refractivity contribution is 0.252. The van der Waals surface area contributed by atoms with Crippen molar-refractivity contribution >= 4 is 11.8 Å². The number of nitrogens with one attached hydrogen (secondary N) is 1. The molecule has 0 saturated heterocycles. The van der Waals surface area contributed by atoms with Crippen LogP contribution in [0.3, 0.4) is 0 Å². The summed E-state index contributed by atoms with van der Waals surface area (Å²) in [7, 11) is 0. The Kier molecular flexibility index (Phi) is 3.45. The predicted molar refractivity (Wildman–Crippen MR) is 66.0 cm³/mol. The number of anilines is 2. The number of rotatable bonds is 2. The first-order valence-electron chi connectivity index (χ1n) is 6.12. The molecule has 1 aliphatic carbocycles. The first-order chi connectivity index (χ1) is 8.08. The second-order valence-electron chi connectivity index (χ2n) is 4.94. The fourth-order valence-electron chi connectivity index (χ4n) is 2.44. The Balaban J connectivity index is 2.11. The zero-order valence-electron chi connectivity index (χ0n) is 10.3. The zero-order chi connectivity index (χ0) is 12.4. The standard InChI is InChI=1S/C12H19FN4/c1-7-4-3-5-10(8(7)2)16-11-9(13)6-15-12(14)17-11/h6-8,10H,3-5H2,1-2H3,(H3,14,15,16,17). The smallest absolute Gasteiger partial charge is 0.222 e. The molecule has 2 rings (SSSR count). The van der Waals surface area contributed by atoms with E-state index in [4.69, 9.17) is 5.73 Å².